The minimum Gasteiger partial charge on any atom is -0.208 e. The van der Waals surface area contributed by atoms with Gasteiger partial charge < -0.3 is 0 Å². The molecule has 11 heteroatoms. The highest BCUT2D eigenvalue weighted by Crippen LogP contribution is 2.65. The molecule has 2 aromatic heterocycles. The smallest absolute Gasteiger partial charge is 0.169 e. The molecule has 2 aromatic rings. The quantitative estimate of drug-likeness (QED) is 0.0802. The highest BCUT2D eigenvalue weighted by Gasteiger charge is 2.30. The van der Waals surface area contributed by atoms with Crippen LogP contribution in [0.5, 0.6) is 0 Å². The molecule has 0 saturated carbocycles. The molecule has 204 valence electrons. The summed E-state index contributed by atoms with van der Waals surface area (Å²) in [6, 6.07) is 8.81. The van der Waals surface area contributed by atoms with Crippen LogP contribution in [0.4, 0.5) is 0 Å². The highest BCUT2D eigenvalue weighted by atomic mass is 127. The van der Waals surface area contributed by atoms with Gasteiger partial charge in [0.25, 0.3) is 0 Å². The Labute approximate surface area is 276 Å². The molecule has 0 saturated heterocycles. The lowest BCUT2D eigenvalue weighted by Gasteiger charge is -2.05. The summed E-state index contributed by atoms with van der Waals surface area (Å²) in [7, 11) is 2.05. The van der Waals surface area contributed by atoms with E-state index in [1.54, 1.807) is 4.24 Å². The molecule has 0 amide bonds. The zero-order valence-electron chi connectivity index (χ0n) is 21.8. The molecular formula is C27H33IN2S8+2. The van der Waals surface area contributed by atoms with E-state index in [0.717, 1.165) is 6.54 Å². The predicted molar refractivity (Wildman–Crippen MR) is 194 cm³/mol. The number of thioether (sulfide) groups is 8. The summed E-state index contributed by atoms with van der Waals surface area (Å²) in [6.45, 7) is 1.08. The second-order valence-electron chi connectivity index (χ2n) is 8.42. The zero-order chi connectivity index (χ0) is 26.7. The van der Waals surface area contributed by atoms with E-state index in [-0.39, 0.29) is 0 Å². The fourth-order valence-electron chi connectivity index (χ4n) is 3.55. The fraction of sp³-hybridized carbons (Fsp3) is 0.407. The van der Waals surface area contributed by atoms with E-state index in [0.29, 0.717) is 0 Å². The molecule has 2 nitrogen and oxygen atoms in total. The Kier molecular flexibility index (Phi) is 14.5. The van der Waals surface area contributed by atoms with Crippen LogP contribution in [0.1, 0.15) is 25.7 Å². The van der Waals surface area contributed by atoms with Crippen molar-refractivity contribution in [2.24, 2.45) is 7.05 Å². The average Bonchev–Trinajstić information content (AvgIpc) is 3.55. The summed E-state index contributed by atoms with van der Waals surface area (Å²) in [5.41, 5.74) is 2.54. The van der Waals surface area contributed by atoms with E-state index in [1.807, 2.05) is 70.6 Å². The van der Waals surface area contributed by atoms with Crippen molar-refractivity contribution < 1.29 is 9.13 Å². The third-order valence-corrected chi connectivity index (χ3v) is 17.8. The summed E-state index contributed by atoms with van der Waals surface area (Å²) in [4.78, 5) is 0. The maximum Gasteiger partial charge on any atom is 0.169 e. The second kappa shape index (κ2) is 17.2. The number of alkyl halides is 1. The van der Waals surface area contributed by atoms with Gasteiger partial charge in [0.2, 0.25) is 0 Å². The van der Waals surface area contributed by atoms with E-state index < -0.39 is 0 Å². The molecule has 2 aliphatic heterocycles. The molecule has 2 aliphatic rings. The van der Waals surface area contributed by atoms with Crippen LogP contribution in [0.2, 0.25) is 0 Å². The first-order valence-corrected chi connectivity index (χ1v) is 21.6. The molecule has 0 atom stereocenters. The van der Waals surface area contributed by atoms with Crippen molar-refractivity contribution in [2.45, 2.75) is 32.2 Å². The summed E-state index contributed by atoms with van der Waals surface area (Å²) >= 11 is 18.4. The maximum absolute atomic E-state index is 2.50. The van der Waals surface area contributed by atoms with E-state index >= 15 is 0 Å². The van der Waals surface area contributed by atoms with Gasteiger partial charge in [-0.25, -0.2) is 9.13 Å². The first-order valence-electron chi connectivity index (χ1n) is 12.4. The number of halogens is 1. The Hall–Kier alpha value is 1.05. The highest BCUT2D eigenvalue weighted by molar-refractivity contribution is 14.1. The minimum absolute atomic E-state index is 1.08. The van der Waals surface area contributed by atoms with Crippen LogP contribution in [0.3, 0.4) is 0 Å². The van der Waals surface area contributed by atoms with Crippen LogP contribution in [-0.2, 0) is 13.6 Å². The van der Waals surface area contributed by atoms with Crippen LogP contribution in [0.15, 0.2) is 74.5 Å². The number of hydrogen-bond acceptors (Lipinski definition) is 8. The van der Waals surface area contributed by atoms with Crippen molar-refractivity contribution in [3.05, 3.63) is 74.5 Å². The number of rotatable bonds is 14. The van der Waals surface area contributed by atoms with Gasteiger partial charge in [0, 0.05) is 30.7 Å². The van der Waals surface area contributed by atoms with Crippen molar-refractivity contribution in [1.29, 1.82) is 0 Å². The summed E-state index contributed by atoms with van der Waals surface area (Å²) in [5.74, 6) is 2.42. The summed E-state index contributed by atoms with van der Waals surface area (Å²) < 4.78 is 14.6. The Bertz CT molecular complexity index is 1140. The molecule has 0 bridgehead atoms. The number of aryl methyl sites for hydroxylation is 2. The Balaban J connectivity index is 1.27. The van der Waals surface area contributed by atoms with Crippen molar-refractivity contribution >= 4 is 117 Å². The van der Waals surface area contributed by atoms with Crippen molar-refractivity contribution in [2.75, 3.05) is 28.4 Å². The van der Waals surface area contributed by atoms with Gasteiger partial charge in [0.05, 0.1) is 25.4 Å². The van der Waals surface area contributed by atoms with Gasteiger partial charge in [0.1, 0.15) is 13.6 Å². The van der Waals surface area contributed by atoms with Gasteiger partial charge in [-0.2, -0.15) is 0 Å². The van der Waals surface area contributed by atoms with Crippen LogP contribution in [0, 0.1) is 0 Å². The molecule has 0 aromatic carbocycles. The van der Waals surface area contributed by atoms with Crippen LogP contribution in [-0.4, -0.2) is 28.4 Å². The Morgan fingerprint density at radius 2 is 1.13 bits per heavy atom. The molecule has 0 spiro atoms. The van der Waals surface area contributed by atoms with Crippen LogP contribution < -0.4 is 9.13 Å². The van der Waals surface area contributed by atoms with E-state index in [1.165, 1.54) is 73.9 Å². The normalized spacial score (nSPS) is 15.9. The first kappa shape index (κ1) is 32.0. The van der Waals surface area contributed by atoms with Crippen LogP contribution in [0.25, 0.3) is 11.1 Å². The van der Waals surface area contributed by atoms with Gasteiger partial charge >= 0.3 is 0 Å². The number of hydrogen-bond donors (Lipinski definition) is 0. The van der Waals surface area contributed by atoms with E-state index in [9.17, 15) is 0 Å². The zero-order valence-corrected chi connectivity index (χ0v) is 30.5. The van der Waals surface area contributed by atoms with Gasteiger partial charge in [-0.3, -0.25) is 0 Å². The second-order valence-corrected chi connectivity index (χ2v) is 19.0. The Morgan fingerprint density at radius 3 is 1.63 bits per heavy atom. The maximum atomic E-state index is 2.50. The molecule has 4 rings (SSSR count). The number of nitrogens with zero attached hydrogens (tertiary/aromatic N) is 2. The minimum atomic E-state index is 1.08. The first-order chi connectivity index (χ1) is 18.6. The molecular weight excluding hydrogens is 736 g/mol. The SMILES string of the molecule is CSC1=C(SC)SC(=C2SC(SCCCCI)=C(SCCCC[n+]3ccc(-c4cc[n+](C)cc4)cc3)S2)S1. The summed E-state index contributed by atoms with van der Waals surface area (Å²) in [5, 5.41) is 0. The van der Waals surface area contributed by atoms with Gasteiger partial charge in [-0.1, -0.05) is 69.6 Å². The van der Waals surface area contributed by atoms with Crippen molar-refractivity contribution in [3.63, 3.8) is 0 Å². The molecule has 0 aliphatic carbocycles. The van der Waals surface area contributed by atoms with Gasteiger partial charge in [-0.15, -0.1) is 47.0 Å². The predicted octanol–water partition coefficient (Wildman–Crippen LogP) is 9.99. The summed E-state index contributed by atoms with van der Waals surface area (Å²) in [6.07, 6.45) is 18.1. The molecule has 0 fully saturated rings. The lowest BCUT2D eigenvalue weighted by atomic mass is 10.1. The standard InChI is InChI=1S/C27H33IN2S8/c1-29-14-8-20(9-15-29)21-10-16-30(17-11-21)13-5-7-19-34-25-24(33-18-6-4-12-28)37-27(38-25)26-35-22(31-2)23(32-3)36-26/h8-11,14-17H,4-7,12-13,18-19H2,1-3H3/q+2. The van der Waals surface area contributed by atoms with E-state index in [4.69, 9.17) is 0 Å². The molecule has 0 radical (unpaired) electrons. The average molecular weight is 769 g/mol. The fourth-order valence-corrected chi connectivity index (χ4v) is 15.4. The number of pyridine rings is 2. The molecule has 0 unspecified atom stereocenters. The monoisotopic (exact) mass is 768 g/mol. The topological polar surface area (TPSA) is 7.76 Å². The van der Waals surface area contributed by atoms with Crippen molar-refractivity contribution in [1.82, 2.24) is 0 Å². The third kappa shape index (κ3) is 9.54. The van der Waals surface area contributed by atoms with Gasteiger partial charge in [-0.05, 0) is 58.8 Å². The third-order valence-electron chi connectivity index (χ3n) is 5.62. The number of unbranched alkanes of at least 4 members (excludes halogenated alkanes) is 2. The van der Waals surface area contributed by atoms with Crippen LogP contribution >= 0.6 is 117 Å². The Morgan fingerprint density at radius 1 is 0.658 bits per heavy atom. The van der Waals surface area contributed by atoms with Crippen molar-refractivity contribution in [3.8, 4) is 11.1 Å². The molecule has 0 N–H and O–H groups in total. The molecule has 38 heavy (non-hydrogen) atoms. The molecule has 4 heterocycles. The number of aromatic nitrogens is 2. The lowest BCUT2D eigenvalue weighted by molar-refractivity contribution is -0.697. The van der Waals surface area contributed by atoms with Gasteiger partial charge in [0.15, 0.2) is 24.8 Å². The largest absolute Gasteiger partial charge is 0.208 e. The lowest BCUT2D eigenvalue weighted by Crippen LogP contribution is -2.32. The van der Waals surface area contributed by atoms with E-state index in [2.05, 4.69) is 124 Å².